The van der Waals surface area contributed by atoms with Gasteiger partial charge in [0.2, 0.25) is 5.95 Å². The minimum absolute atomic E-state index is 0.0708. The maximum Gasteiger partial charge on any atom is 0.225 e. The van der Waals surface area contributed by atoms with Crippen molar-refractivity contribution < 1.29 is 9.50 Å². The minimum Gasteiger partial charge on any atom is -0.396 e. The number of aliphatic hydroxyl groups excluding tert-OH is 1. The number of aromatic nitrogens is 2. The van der Waals surface area contributed by atoms with Crippen molar-refractivity contribution in [2.45, 2.75) is 6.42 Å². The maximum atomic E-state index is 14.1. The molecule has 3 N–H and O–H groups in total. The van der Waals surface area contributed by atoms with E-state index in [-0.39, 0.29) is 17.3 Å². The first-order valence-electron chi connectivity index (χ1n) is 8.17. The lowest BCUT2D eigenvalue weighted by Crippen LogP contribution is -2.09. The molecule has 1 aromatic heterocycles. The Balaban J connectivity index is 1.96. The van der Waals surface area contributed by atoms with Crippen LogP contribution in [0.5, 0.6) is 0 Å². The Kier molecular flexibility index (Phi) is 5.99. The van der Waals surface area contributed by atoms with E-state index in [1.807, 2.05) is 30.3 Å². The Bertz CT molecular complexity index is 856. The van der Waals surface area contributed by atoms with Crippen LogP contribution in [0.3, 0.4) is 0 Å². The number of hydrogen-bond donors (Lipinski definition) is 3. The molecule has 1 heterocycles. The summed E-state index contributed by atoms with van der Waals surface area (Å²) in [5.41, 5.74) is 1.75. The van der Waals surface area contributed by atoms with Crippen molar-refractivity contribution in [1.82, 2.24) is 9.97 Å². The summed E-state index contributed by atoms with van der Waals surface area (Å²) in [5.74, 6) is 0.333. The Morgan fingerprint density at radius 1 is 1.04 bits per heavy atom. The fourth-order valence-corrected chi connectivity index (χ4v) is 2.58. The number of hydrogen-bond acceptors (Lipinski definition) is 5. The lowest BCUT2D eigenvalue weighted by molar-refractivity contribution is 0.292. The molecule has 5 nitrogen and oxygen atoms in total. The molecule has 26 heavy (non-hydrogen) atoms. The third kappa shape index (κ3) is 4.47. The van der Waals surface area contributed by atoms with Gasteiger partial charge in [0.05, 0.1) is 16.4 Å². The summed E-state index contributed by atoms with van der Waals surface area (Å²) < 4.78 is 14.1. The summed E-state index contributed by atoms with van der Waals surface area (Å²) >= 11 is 6.09. The SMILES string of the molecule is OCCCNc1nc(Nc2c(F)cccc2Cl)cc(-c2ccccc2)n1. The summed E-state index contributed by atoms with van der Waals surface area (Å²) in [6.45, 7) is 0.593. The van der Waals surface area contributed by atoms with Gasteiger partial charge in [-0.05, 0) is 18.6 Å². The lowest BCUT2D eigenvalue weighted by atomic mass is 10.1. The summed E-state index contributed by atoms with van der Waals surface area (Å²) in [7, 11) is 0. The van der Waals surface area contributed by atoms with Gasteiger partial charge in [-0.25, -0.2) is 9.37 Å². The molecule has 0 aliphatic rings. The van der Waals surface area contributed by atoms with Crippen LogP contribution < -0.4 is 10.6 Å². The average molecular weight is 373 g/mol. The van der Waals surface area contributed by atoms with Crippen molar-refractivity contribution >= 4 is 29.1 Å². The second-order valence-electron chi connectivity index (χ2n) is 5.55. The number of halogens is 2. The fraction of sp³-hybridized carbons (Fsp3) is 0.158. The van der Waals surface area contributed by atoms with Gasteiger partial charge >= 0.3 is 0 Å². The predicted molar refractivity (Wildman–Crippen MR) is 102 cm³/mol. The third-order valence-electron chi connectivity index (χ3n) is 3.63. The molecule has 0 unspecified atom stereocenters. The van der Waals surface area contributed by atoms with E-state index in [1.54, 1.807) is 18.2 Å². The first-order valence-corrected chi connectivity index (χ1v) is 8.55. The van der Waals surface area contributed by atoms with Gasteiger partial charge in [0.1, 0.15) is 11.6 Å². The number of para-hydroxylation sites is 1. The quantitative estimate of drug-likeness (QED) is 0.534. The molecule has 0 amide bonds. The summed E-state index contributed by atoms with van der Waals surface area (Å²) in [6.07, 6.45) is 0.570. The molecule has 0 saturated carbocycles. The standard InChI is InChI=1S/C19H18ClFN4O/c20-14-8-4-9-15(21)18(14)24-17-12-16(13-6-2-1-3-7-13)23-19(25-17)22-10-5-11-26/h1-4,6-9,12,26H,5,10-11H2,(H2,22,23,24,25). The Morgan fingerprint density at radius 3 is 2.58 bits per heavy atom. The molecule has 0 bridgehead atoms. The van der Waals surface area contributed by atoms with Crippen LogP contribution in [0.25, 0.3) is 11.3 Å². The molecule has 134 valence electrons. The Labute approximate surface area is 155 Å². The van der Waals surface area contributed by atoms with E-state index in [1.165, 1.54) is 6.07 Å². The number of nitrogens with one attached hydrogen (secondary N) is 2. The van der Waals surface area contributed by atoms with Gasteiger partial charge in [0.15, 0.2) is 0 Å². The maximum absolute atomic E-state index is 14.1. The summed E-state index contributed by atoms with van der Waals surface area (Å²) in [5, 5.41) is 15.2. The van der Waals surface area contributed by atoms with E-state index in [2.05, 4.69) is 20.6 Å². The first-order chi connectivity index (χ1) is 12.7. The molecule has 0 aliphatic heterocycles. The van der Waals surface area contributed by atoms with E-state index in [0.29, 0.717) is 30.4 Å². The van der Waals surface area contributed by atoms with Crippen molar-refractivity contribution in [3.05, 3.63) is 65.4 Å². The van der Waals surface area contributed by atoms with Gasteiger partial charge in [-0.15, -0.1) is 0 Å². The van der Waals surface area contributed by atoms with Gasteiger partial charge in [0.25, 0.3) is 0 Å². The second kappa shape index (κ2) is 8.60. The number of nitrogens with zero attached hydrogens (tertiary/aromatic N) is 2. The van der Waals surface area contributed by atoms with Crippen LogP contribution in [0.1, 0.15) is 6.42 Å². The Morgan fingerprint density at radius 2 is 1.85 bits per heavy atom. The van der Waals surface area contributed by atoms with Crippen molar-refractivity contribution in [2.75, 3.05) is 23.8 Å². The molecule has 0 saturated heterocycles. The van der Waals surface area contributed by atoms with Gasteiger partial charge in [-0.2, -0.15) is 4.98 Å². The second-order valence-corrected chi connectivity index (χ2v) is 5.96. The van der Waals surface area contributed by atoms with Crippen molar-refractivity contribution in [3.63, 3.8) is 0 Å². The molecule has 0 aliphatic carbocycles. The van der Waals surface area contributed by atoms with Gasteiger partial charge in [0, 0.05) is 24.8 Å². The summed E-state index contributed by atoms with van der Waals surface area (Å²) in [4.78, 5) is 8.86. The normalized spacial score (nSPS) is 10.6. The predicted octanol–water partition coefficient (Wildman–Crippen LogP) is 4.47. The highest BCUT2D eigenvalue weighted by Crippen LogP contribution is 2.29. The number of aliphatic hydroxyl groups is 1. The topological polar surface area (TPSA) is 70.1 Å². The van der Waals surface area contributed by atoms with Crippen LogP contribution in [0.4, 0.5) is 21.8 Å². The van der Waals surface area contributed by atoms with Crippen molar-refractivity contribution in [2.24, 2.45) is 0 Å². The zero-order valence-electron chi connectivity index (χ0n) is 13.9. The molecule has 3 rings (SSSR count). The fourth-order valence-electron chi connectivity index (χ4n) is 2.37. The molecule has 0 atom stereocenters. The molecular weight excluding hydrogens is 355 g/mol. The molecule has 2 aromatic carbocycles. The molecule has 0 radical (unpaired) electrons. The molecule has 0 spiro atoms. The number of benzene rings is 2. The van der Waals surface area contributed by atoms with Crippen LogP contribution in [-0.4, -0.2) is 28.2 Å². The molecular formula is C19H18ClFN4O. The third-order valence-corrected chi connectivity index (χ3v) is 3.94. The van der Waals surface area contributed by atoms with Gasteiger partial charge in [-0.3, -0.25) is 0 Å². The average Bonchev–Trinajstić information content (AvgIpc) is 2.66. The smallest absolute Gasteiger partial charge is 0.225 e. The zero-order valence-corrected chi connectivity index (χ0v) is 14.7. The van der Waals surface area contributed by atoms with Crippen molar-refractivity contribution in [1.29, 1.82) is 0 Å². The number of anilines is 3. The first kappa shape index (κ1) is 18.1. The zero-order chi connectivity index (χ0) is 18.4. The lowest BCUT2D eigenvalue weighted by Gasteiger charge is -2.12. The molecule has 3 aromatic rings. The van der Waals surface area contributed by atoms with Crippen LogP contribution in [-0.2, 0) is 0 Å². The Hall–Kier alpha value is -2.70. The highest BCUT2D eigenvalue weighted by atomic mass is 35.5. The highest BCUT2D eigenvalue weighted by molar-refractivity contribution is 6.33. The van der Waals surface area contributed by atoms with Crippen molar-refractivity contribution in [3.8, 4) is 11.3 Å². The van der Waals surface area contributed by atoms with Gasteiger partial charge < -0.3 is 15.7 Å². The van der Waals surface area contributed by atoms with Crippen LogP contribution in [0.2, 0.25) is 5.02 Å². The van der Waals surface area contributed by atoms with Crippen LogP contribution in [0, 0.1) is 5.82 Å². The van der Waals surface area contributed by atoms with Gasteiger partial charge in [-0.1, -0.05) is 48.0 Å². The van der Waals surface area contributed by atoms with Crippen LogP contribution in [0.15, 0.2) is 54.6 Å². The van der Waals surface area contributed by atoms with E-state index in [9.17, 15) is 4.39 Å². The molecule has 0 fully saturated rings. The van der Waals surface area contributed by atoms with E-state index in [0.717, 1.165) is 5.56 Å². The largest absolute Gasteiger partial charge is 0.396 e. The number of rotatable bonds is 7. The van der Waals surface area contributed by atoms with Crippen LogP contribution >= 0.6 is 11.6 Å². The highest BCUT2D eigenvalue weighted by Gasteiger charge is 2.11. The summed E-state index contributed by atoms with van der Waals surface area (Å²) in [6, 6.07) is 15.8. The minimum atomic E-state index is -0.466. The van der Waals surface area contributed by atoms with E-state index < -0.39 is 5.82 Å². The monoisotopic (exact) mass is 372 g/mol. The van der Waals surface area contributed by atoms with E-state index >= 15 is 0 Å². The van der Waals surface area contributed by atoms with E-state index in [4.69, 9.17) is 16.7 Å². The molecule has 7 heteroatoms.